The third-order valence-electron chi connectivity index (χ3n) is 6.98. The summed E-state index contributed by atoms with van der Waals surface area (Å²) in [7, 11) is 0. The van der Waals surface area contributed by atoms with E-state index in [0.717, 1.165) is 68.6 Å². The van der Waals surface area contributed by atoms with Crippen molar-refractivity contribution < 1.29 is 14.3 Å². The predicted molar refractivity (Wildman–Crippen MR) is 135 cm³/mol. The minimum absolute atomic E-state index is 0.123. The van der Waals surface area contributed by atoms with Crippen LogP contribution in [0.4, 0.5) is 4.79 Å². The van der Waals surface area contributed by atoms with E-state index in [1.54, 1.807) is 0 Å². The van der Waals surface area contributed by atoms with E-state index < -0.39 is 5.60 Å². The van der Waals surface area contributed by atoms with Crippen molar-refractivity contribution >= 4 is 22.9 Å². The molecule has 0 spiro atoms. The molecule has 1 aromatic carbocycles. The van der Waals surface area contributed by atoms with Crippen molar-refractivity contribution in [1.29, 1.82) is 0 Å². The number of piperidine rings is 1. The summed E-state index contributed by atoms with van der Waals surface area (Å²) >= 11 is 0. The number of rotatable bonds is 4. The summed E-state index contributed by atoms with van der Waals surface area (Å²) in [5, 5.41) is 1.09. The molecule has 3 heterocycles. The highest BCUT2D eigenvalue weighted by Crippen LogP contribution is 2.25. The summed E-state index contributed by atoms with van der Waals surface area (Å²) in [4.78, 5) is 31.9. The molecule has 7 nitrogen and oxygen atoms in total. The van der Waals surface area contributed by atoms with E-state index in [0.29, 0.717) is 18.5 Å². The summed E-state index contributed by atoms with van der Waals surface area (Å²) in [6, 6.07) is 8.67. The van der Waals surface area contributed by atoms with Gasteiger partial charge in [0.05, 0.1) is 0 Å². The fraction of sp³-hybridized carbons (Fsp3) is 0.630. The zero-order chi connectivity index (χ0) is 24.5. The van der Waals surface area contributed by atoms with Gasteiger partial charge in [-0.3, -0.25) is 9.69 Å². The van der Waals surface area contributed by atoms with Gasteiger partial charge in [0.15, 0.2) is 0 Å². The van der Waals surface area contributed by atoms with E-state index in [9.17, 15) is 9.59 Å². The fourth-order valence-corrected chi connectivity index (χ4v) is 5.10. The lowest BCUT2D eigenvalue weighted by atomic mass is 9.98. The maximum absolute atomic E-state index is 13.1. The number of hydrogen-bond acceptors (Lipinski definition) is 4. The quantitative estimate of drug-likeness (QED) is 0.665. The van der Waals surface area contributed by atoms with Gasteiger partial charge in [-0.1, -0.05) is 0 Å². The molecule has 1 unspecified atom stereocenters. The Morgan fingerprint density at radius 1 is 1.03 bits per heavy atom. The van der Waals surface area contributed by atoms with Crippen LogP contribution in [-0.4, -0.2) is 82.2 Å². The van der Waals surface area contributed by atoms with Crippen molar-refractivity contribution in [2.75, 3.05) is 39.3 Å². The number of nitrogens with zero attached hydrogens (tertiary/aromatic N) is 4. The van der Waals surface area contributed by atoms with E-state index in [1.807, 2.05) is 42.7 Å². The van der Waals surface area contributed by atoms with Gasteiger partial charge in [0.1, 0.15) is 5.60 Å². The maximum Gasteiger partial charge on any atom is 0.410 e. The zero-order valence-electron chi connectivity index (χ0n) is 21.4. The van der Waals surface area contributed by atoms with Gasteiger partial charge in [-0.25, -0.2) is 4.79 Å². The first-order valence-electron chi connectivity index (χ1n) is 12.7. The molecule has 0 bridgehead atoms. The molecule has 186 valence electrons. The average Bonchev–Trinajstić information content (AvgIpc) is 3.19. The molecule has 2 aliphatic heterocycles. The lowest BCUT2D eigenvalue weighted by Crippen LogP contribution is -2.50. The molecule has 2 fully saturated rings. The van der Waals surface area contributed by atoms with Crippen molar-refractivity contribution in [3.05, 3.63) is 36.0 Å². The van der Waals surface area contributed by atoms with Crippen LogP contribution in [-0.2, 0) is 11.3 Å². The highest BCUT2D eigenvalue weighted by atomic mass is 16.6. The normalized spacial score (nSPS) is 20.2. The topological polar surface area (TPSA) is 58.0 Å². The van der Waals surface area contributed by atoms with E-state index in [1.165, 1.54) is 0 Å². The monoisotopic (exact) mass is 468 g/mol. The fourth-order valence-electron chi connectivity index (χ4n) is 5.10. The highest BCUT2D eigenvalue weighted by Gasteiger charge is 2.28. The largest absolute Gasteiger partial charge is 0.444 e. The Bertz CT molecular complexity index is 1010. The first kappa shape index (κ1) is 24.6. The molecule has 0 N–H and O–H groups in total. The third-order valence-corrected chi connectivity index (χ3v) is 6.98. The number of hydrogen-bond donors (Lipinski definition) is 0. The number of aromatic nitrogens is 1. The Balaban J connectivity index is 1.39. The van der Waals surface area contributed by atoms with Crippen LogP contribution in [0.25, 0.3) is 10.9 Å². The second kappa shape index (κ2) is 9.98. The highest BCUT2D eigenvalue weighted by molar-refractivity contribution is 5.98. The standard InChI is InChI=1S/C27H40N4O3/c1-20(2)28-13-15-29(16-14-28)25(32)23-8-9-24-22(17-23)10-12-30(24)18-21-7-6-11-31(19-21)26(33)34-27(3,4)5/h8-10,12,17,20-21H,6-7,11,13-16,18-19H2,1-5H3. The van der Waals surface area contributed by atoms with Crippen LogP contribution in [0.5, 0.6) is 0 Å². The Labute approximate surface area is 203 Å². The van der Waals surface area contributed by atoms with Crippen LogP contribution in [0.15, 0.2) is 30.5 Å². The molecule has 2 aromatic rings. The van der Waals surface area contributed by atoms with Gasteiger partial charge < -0.3 is 19.1 Å². The molecule has 2 amide bonds. The summed E-state index contributed by atoms with van der Waals surface area (Å²) in [5.74, 6) is 0.508. The molecule has 0 aliphatic carbocycles. The average molecular weight is 469 g/mol. The molecular weight excluding hydrogens is 428 g/mol. The summed E-state index contributed by atoms with van der Waals surface area (Å²) in [6.45, 7) is 15.9. The lowest BCUT2D eigenvalue weighted by Gasteiger charge is -2.37. The molecular formula is C27H40N4O3. The second-order valence-electron chi connectivity index (χ2n) is 11.1. The first-order chi connectivity index (χ1) is 16.1. The zero-order valence-corrected chi connectivity index (χ0v) is 21.4. The second-order valence-corrected chi connectivity index (χ2v) is 11.1. The van der Waals surface area contributed by atoms with Crippen LogP contribution in [0.2, 0.25) is 0 Å². The van der Waals surface area contributed by atoms with Crippen LogP contribution < -0.4 is 0 Å². The van der Waals surface area contributed by atoms with Crippen molar-refractivity contribution in [3.8, 4) is 0 Å². The third kappa shape index (κ3) is 5.74. The van der Waals surface area contributed by atoms with Crippen molar-refractivity contribution in [2.45, 2.75) is 65.6 Å². The SMILES string of the molecule is CC(C)N1CCN(C(=O)c2ccc3c(ccn3CC3CCCN(C(=O)OC(C)(C)C)C3)c2)CC1. The smallest absolute Gasteiger partial charge is 0.410 e. The molecule has 1 aromatic heterocycles. The Morgan fingerprint density at radius 3 is 2.44 bits per heavy atom. The van der Waals surface area contributed by atoms with Gasteiger partial charge >= 0.3 is 6.09 Å². The van der Waals surface area contributed by atoms with Crippen LogP contribution >= 0.6 is 0 Å². The van der Waals surface area contributed by atoms with Crippen molar-refractivity contribution in [2.24, 2.45) is 5.92 Å². The van der Waals surface area contributed by atoms with Gasteiger partial charge in [0, 0.05) is 74.5 Å². The molecule has 7 heteroatoms. The number of carbonyl (C=O) groups is 2. The van der Waals surface area contributed by atoms with Gasteiger partial charge in [0.2, 0.25) is 0 Å². The number of benzene rings is 1. The lowest BCUT2D eigenvalue weighted by molar-refractivity contribution is 0.0157. The first-order valence-corrected chi connectivity index (χ1v) is 12.7. The van der Waals surface area contributed by atoms with Crippen LogP contribution in [0.1, 0.15) is 57.8 Å². The van der Waals surface area contributed by atoms with Crippen molar-refractivity contribution in [1.82, 2.24) is 19.3 Å². The number of fused-ring (bicyclic) bond motifs is 1. The van der Waals surface area contributed by atoms with Crippen molar-refractivity contribution in [3.63, 3.8) is 0 Å². The molecule has 2 saturated heterocycles. The van der Waals surface area contributed by atoms with E-state index >= 15 is 0 Å². The van der Waals surface area contributed by atoms with E-state index in [-0.39, 0.29) is 12.0 Å². The van der Waals surface area contributed by atoms with Gasteiger partial charge in [0.25, 0.3) is 5.91 Å². The Kier molecular flexibility index (Phi) is 7.22. The van der Waals surface area contributed by atoms with Crippen LogP contribution in [0.3, 0.4) is 0 Å². The molecule has 0 radical (unpaired) electrons. The molecule has 0 saturated carbocycles. The molecule has 1 atom stereocenters. The van der Waals surface area contributed by atoms with Crippen LogP contribution in [0, 0.1) is 5.92 Å². The Hall–Kier alpha value is -2.54. The predicted octanol–water partition coefficient (Wildman–Crippen LogP) is 4.45. The van der Waals surface area contributed by atoms with Gasteiger partial charge in [-0.15, -0.1) is 0 Å². The molecule has 34 heavy (non-hydrogen) atoms. The minimum atomic E-state index is -0.474. The van der Waals surface area contributed by atoms with E-state index in [2.05, 4.69) is 41.6 Å². The number of amides is 2. The van der Waals surface area contributed by atoms with E-state index in [4.69, 9.17) is 4.74 Å². The number of carbonyl (C=O) groups excluding carboxylic acids is 2. The Morgan fingerprint density at radius 2 is 1.76 bits per heavy atom. The molecule has 4 rings (SSSR count). The summed E-state index contributed by atoms with van der Waals surface area (Å²) in [6.07, 6.45) is 3.98. The molecule has 2 aliphatic rings. The maximum atomic E-state index is 13.1. The van der Waals surface area contributed by atoms with Gasteiger partial charge in [-0.05, 0) is 77.6 Å². The number of piperazine rings is 1. The number of ether oxygens (including phenoxy) is 1. The minimum Gasteiger partial charge on any atom is -0.444 e. The number of likely N-dealkylation sites (tertiary alicyclic amines) is 1. The summed E-state index contributed by atoms with van der Waals surface area (Å²) < 4.78 is 7.83. The van der Waals surface area contributed by atoms with Gasteiger partial charge in [-0.2, -0.15) is 0 Å². The summed E-state index contributed by atoms with van der Waals surface area (Å²) in [5.41, 5.74) is 1.42.